The van der Waals surface area contributed by atoms with Gasteiger partial charge in [0.25, 0.3) is 0 Å². The lowest BCUT2D eigenvalue weighted by atomic mass is 9.80. The Morgan fingerprint density at radius 3 is 2.67 bits per heavy atom. The van der Waals surface area contributed by atoms with Crippen LogP contribution in [0, 0.1) is 16.7 Å². The Morgan fingerprint density at radius 1 is 1.40 bits per heavy atom. The van der Waals surface area contributed by atoms with Gasteiger partial charge in [-0.25, -0.2) is 0 Å². The third kappa shape index (κ3) is 1.74. The summed E-state index contributed by atoms with van der Waals surface area (Å²) >= 11 is 0. The molecule has 0 saturated carbocycles. The molecule has 0 radical (unpaired) electrons. The van der Waals surface area contributed by atoms with Gasteiger partial charge in [-0.3, -0.25) is 0 Å². The maximum atomic E-state index is 10.2. The van der Waals surface area contributed by atoms with Gasteiger partial charge in [-0.2, -0.15) is 5.26 Å². The van der Waals surface area contributed by atoms with Gasteiger partial charge < -0.3 is 9.84 Å². The Morgan fingerprint density at radius 2 is 2.13 bits per heavy atom. The first-order valence-electron chi connectivity index (χ1n) is 5.00. The largest absolute Gasteiger partial charge is 0.387 e. The lowest BCUT2D eigenvalue weighted by Gasteiger charge is -2.25. The van der Waals surface area contributed by atoms with E-state index in [9.17, 15) is 5.11 Å². The number of nitriles is 1. The van der Waals surface area contributed by atoms with Gasteiger partial charge in [0, 0.05) is 6.61 Å². The number of hydrogen-bond acceptors (Lipinski definition) is 3. The molecule has 1 aliphatic rings. The molecule has 2 unspecified atom stereocenters. The molecule has 1 aromatic rings. The number of hydrogen-bond donors (Lipinski definition) is 1. The molecule has 1 heterocycles. The highest BCUT2D eigenvalue weighted by Crippen LogP contribution is 2.40. The minimum absolute atomic E-state index is 0.319. The molecule has 3 nitrogen and oxygen atoms in total. The second-order valence-corrected chi connectivity index (χ2v) is 3.88. The van der Waals surface area contributed by atoms with E-state index in [4.69, 9.17) is 10.00 Å². The standard InChI is InChI=1S/C12H13NO2/c13-8-12(6-7-15-9-12)11(14)10-4-2-1-3-5-10/h1-5,11,14H,6-7,9H2. The topological polar surface area (TPSA) is 53.2 Å². The van der Waals surface area contributed by atoms with E-state index in [1.54, 1.807) is 0 Å². The maximum Gasteiger partial charge on any atom is 0.113 e. The van der Waals surface area contributed by atoms with Gasteiger partial charge in [-0.1, -0.05) is 30.3 Å². The monoisotopic (exact) mass is 203 g/mol. The fourth-order valence-corrected chi connectivity index (χ4v) is 1.90. The predicted molar refractivity (Wildman–Crippen MR) is 54.9 cm³/mol. The Balaban J connectivity index is 2.27. The summed E-state index contributed by atoms with van der Waals surface area (Å²) in [5.41, 5.74) is 0.0194. The van der Waals surface area contributed by atoms with Crippen LogP contribution in [0.2, 0.25) is 0 Å². The number of aliphatic hydroxyl groups is 1. The molecule has 0 bridgehead atoms. The summed E-state index contributed by atoms with van der Waals surface area (Å²) in [6.07, 6.45) is -0.161. The first-order chi connectivity index (χ1) is 7.28. The summed E-state index contributed by atoms with van der Waals surface area (Å²) in [7, 11) is 0. The maximum absolute atomic E-state index is 10.2. The van der Waals surface area contributed by atoms with Crippen molar-refractivity contribution in [2.45, 2.75) is 12.5 Å². The SMILES string of the molecule is N#CC1(C(O)c2ccccc2)CCOC1. The summed E-state index contributed by atoms with van der Waals surface area (Å²) in [6.45, 7) is 0.872. The summed E-state index contributed by atoms with van der Waals surface area (Å²) in [5, 5.41) is 19.3. The van der Waals surface area contributed by atoms with Crippen LogP contribution in [0.15, 0.2) is 30.3 Å². The van der Waals surface area contributed by atoms with E-state index in [0.29, 0.717) is 19.6 Å². The normalized spacial score (nSPS) is 27.2. The molecule has 0 spiro atoms. The van der Waals surface area contributed by atoms with E-state index in [1.165, 1.54) is 0 Å². The van der Waals surface area contributed by atoms with Gasteiger partial charge in [-0.15, -0.1) is 0 Å². The third-order valence-electron chi connectivity index (χ3n) is 2.91. The van der Waals surface area contributed by atoms with Crippen LogP contribution in [-0.4, -0.2) is 18.3 Å². The minimum Gasteiger partial charge on any atom is -0.387 e. The van der Waals surface area contributed by atoms with Gasteiger partial charge in [0.2, 0.25) is 0 Å². The van der Waals surface area contributed by atoms with Gasteiger partial charge in [-0.05, 0) is 12.0 Å². The van der Waals surface area contributed by atoms with Crippen molar-refractivity contribution in [2.75, 3.05) is 13.2 Å². The highest BCUT2D eigenvalue weighted by molar-refractivity contribution is 5.23. The Hall–Kier alpha value is -1.37. The predicted octanol–water partition coefficient (Wildman–Crippen LogP) is 1.65. The van der Waals surface area contributed by atoms with Crippen molar-refractivity contribution in [3.63, 3.8) is 0 Å². The molecule has 15 heavy (non-hydrogen) atoms. The number of benzene rings is 1. The minimum atomic E-state index is -0.763. The van der Waals surface area contributed by atoms with Crippen molar-refractivity contribution >= 4 is 0 Å². The van der Waals surface area contributed by atoms with E-state index in [-0.39, 0.29) is 0 Å². The Bertz CT molecular complexity index is 363. The van der Waals surface area contributed by atoms with E-state index in [1.807, 2.05) is 30.3 Å². The van der Waals surface area contributed by atoms with Crippen molar-refractivity contribution in [1.29, 1.82) is 5.26 Å². The number of aliphatic hydroxyl groups excluding tert-OH is 1. The average molecular weight is 203 g/mol. The van der Waals surface area contributed by atoms with Crippen LogP contribution < -0.4 is 0 Å². The van der Waals surface area contributed by atoms with Gasteiger partial charge in [0.15, 0.2) is 0 Å². The van der Waals surface area contributed by atoms with E-state index >= 15 is 0 Å². The summed E-state index contributed by atoms with van der Waals surface area (Å²) in [6, 6.07) is 11.5. The molecular formula is C12H13NO2. The zero-order valence-electron chi connectivity index (χ0n) is 8.39. The van der Waals surface area contributed by atoms with Crippen molar-refractivity contribution in [1.82, 2.24) is 0 Å². The van der Waals surface area contributed by atoms with Crippen LogP contribution in [0.3, 0.4) is 0 Å². The van der Waals surface area contributed by atoms with Crippen LogP contribution in [0.25, 0.3) is 0 Å². The molecular weight excluding hydrogens is 190 g/mol. The zero-order valence-corrected chi connectivity index (χ0v) is 8.39. The van der Waals surface area contributed by atoms with Crippen molar-refractivity contribution in [3.05, 3.63) is 35.9 Å². The average Bonchev–Trinajstić information content (AvgIpc) is 2.79. The second-order valence-electron chi connectivity index (χ2n) is 3.88. The van der Waals surface area contributed by atoms with Crippen LogP contribution in [0.5, 0.6) is 0 Å². The molecule has 1 aliphatic heterocycles. The quantitative estimate of drug-likeness (QED) is 0.795. The highest BCUT2D eigenvalue weighted by Gasteiger charge is 2.42. The fourth-order valence-electron chi connectivity index (χ4n) is 1.90. The Labute approximate surface area is 88.9 Å². The summed E-state index contributed by atoms with van der Waals surface area (Å²) < 4.78 is 5.21. The molecule has 1 fully saturated rings. The first kappa shape index (κ1) is 10.2. The van der Waals surface area contributed by atoms with Crippen LogP contribution >= 0.6 is 0 Å². The molecule has 78 valence electrons. The lowest BCUT2D eigenvalue weighted by molar-refractivity contribution is 0.0504. The number of nitrogens with zero attached hydrogens (tertiary/aromatic N) is 1. The summed E-state index contributed by atoms with van der Waals surface area (Å²) in [5.74, 6) is 0. The molecule has 0 aliphatic carbocycles. The van der Waals surface area contributed by atoms with Gasteiger partial charge in [0.05, 0.1) is 18.8 Å². The van der Waals surface area contributed by atoms with Crippen molar-refractivity contribution < 1.29 is 9.84 Å². The molecule has 1 aromatic carbocycles. The lowest BCUT2D eigenvalue weighted by Crippen LogP contribution is -2.27. The Kier molecular flexibility index (Phi) is 2.72. The smallest absolute Gasteiger partial charge is 0.113 e. The number of ether oxygens (including phenoxy) is 1. The molecule has 1 saturated heterocycles. The molecule has 2 atom stereocenters. The van der Waals surface area contributed by atoms with Crippen molar-refractivity contribution in [3.8, 4) is 6.07 Å². The molecule has 0 amide bonds. The van der Waals surface area contributed by atoms with Crippen molar-refractivity contribution in [2.24, 2.45) is 5.41 Å². The zero-order chi connectivity index (χ0) is 10.7. The first-order valence-corrected chi connectivity index (χ1v) is 5.00. The highest BCUT2D eigenvalue weighted by atomic mass is 16.5. The van der Waals surface area contributed by atoms with Crippen LogP contribution in [-0.2, 0) is 4.74 Å². The molecule has 2 rings (SSSR count). The van der Waals surface area contributed by atoms with E-state index < -0.39 is 11.5 Å². The third-order valence-corrected chi connectivity index (χ3v) is 2.91. The summed E-state index contributed by atoms with van der Waals surface area (Å²) in [4.78, 5) is 0. The number of rotatable bonds is 2. The van der Waals surface area contributed by atoms with Gasteiger partial charge >= 0.3 is 0 Å². The van der Waals surface area contributed by atoms with E-state index in [0.717, 1.165) is 5.56 Å². The van der Waals surface area contributed by atoms with Crippen LogP contribution in [0.4, 0.5) is 0 Å². The fraction of sp³-hybridized carbons (Fsp3) is 0.417. The second kappa shape index (κ2) is 4.01. The van der Waals surface area contributed by atoms with Crippen LogP contribution in [0.1, 0.15) is 18.1 Å². The molecule has 0 aromatic heterocycles. The van der Waals surface area contributed by atoms with E-state index in [2.05, 4.69) is 6.07 Å². The molecule has 1 N–H and O–H groups in total. The molecule has 3 heteroatoms. The van der Waals surface area contributed by atoms with Gasteiger partial charge in [0.1, 0.15) is 5.41 Å².